The fraction of sp³-hybridized carbons (Fsp3) is 0.353. The lowest BCUT2D eigenvalue weighted by atomic mass is 10.1. The second kappa shape index (κ2) is 7.07. The molecule has 0 saturated carbocycles. The number of aryl methyl sites for hydroxylation is 1. The van der Waals surface area contributed by atoms with Crippen LogP contribution in [0.4, 0.5) is 0 Å². The van der Waals surface area contributed by atoms with Crippen LogP contribution in [-0.2, 0) is 4.74 Å². The molecule has 110 valence electrons. The van der Waals surface area contributed by atoms with Gasteiger partial charge in [0.25, 0.3) is 0 Å². The maximum Gasteiger partial charge on any atom is 0.0995 e. The Labute approximate surface area is 130 Å². The van der Waals surface area contributed by atoms with Gasteiger partial charge in [-0.05, 0) is 24.1 Å². The fourth-order valence-corrected chi connectivity index (χ4v) is 3.73. The zero-order valence-electron chi connectivity index (χ0n) is 12.2. The van der Waals surface area contributed by atoms with E-state index in [-0.39, 0.29) is 11.4 Å². The maximum absolute atomic E-state index is 6.00. The van der Waals surface area contributed by atoms with E-state index in [0.717, 1.165) is 24.7 Å². The summed E-state index contributed by atoms with van der Waals surface area (Å²) in [5.41, 5.74) is 2.51. The number of morpholine rings is 1. The highest BCUT2D eigenvalue weighted by Crippen LogP contribution is 2.39. The summed E-state index contributed by atoms with van der Waals surface area (Å²) in [5, 5.41) is 4.77. The number of benzene rings is 1. The van der Waals surface area contributed by atoms with Gasteiger partial charge in [0.05, 0.1) is 23.0 Å². The molecule has 1 N–H and O–H groups in total. The number of nitrogens with one attached hydrogen (secondary N) is 1. The Balaban J connectivity index is 1.87. The van der Waals surface area contributed by atoms with Crippen LogP contribution in [0.5, 0.6) is 0 Å². The minimum Gasteiger partial charge on any atom is -0.374 e. The van der Waals surface area contributed by atoms with Crippen LogP contribution in [0, 0.1) is 6.92 Å². The number of pyridine rings is 1. The number of hydrogen-bond acceptors (Lipinski definition) is 4. The lowest BCUT2D eigenvalue weighted by Gasteiger charge is -2.31. The summed E-state index contributed by atoms with van der Waals surface area (Å²) >= 11 is 1.80. The predicted molar refractivity (Wildman–Crippen MR) is 86.6 cm³/mol. The molecule has 0 spiro atoms. The third-order valence-electron chi connectivity index (χ3n) is 3.62. The molecule has 4 heteroatoms. The molecule has 2 unspecified atom stereocenters. The molecule has 0 amide bonds. The first kappa shape index (κ1) is 14.6. The molecule has 2 atom stereocenters. The first-order valence-electron chi connectivity index (χ1n) is 7.30. The number of hydrogen-bond donors (Lipinski definition) is 1. The van der Waals surface area contributed by atoms with Crippen molar-refractivity contribution in [1.29, 1.82) is 0 Å². The van der Waals surface area contributed by atoms with Gasteiger partial charge >= 0.3 is 0 Å². The van der Waals surface area contributed by atoms with Crippen molar-refractivity contribution in [1.82, 2.24) is 10.3 Å². The van der Waals surface area contributed by atoms with Crippen molar-refractivity contribution >= 4 is 11.8 Å². The van der Waals surface area contributed by atoms with E-state index in [4.69, 9.17) is 4.74 Å². The Morgan fingerprint density at radius 3 is 2.81 bits per heavy atom. The van der Waals surface area contributed by atoms with Gasteiger partial charge in [0.1, 0.15) is 0 Å². The second-order valence-corrected chi connectivity index (χ2v) is 6.32. The van der Waals surface area contributed by atoms with Gasteiger partial charge in [-0.15, -0.1) is 0 Å². The van der Waals surface area contributed by atoms with E-state index in [1.54, 1.807) is 11.8 Å². The average Bonchev–Trinajstić information content (AvgIpc) is 2.56. The normalized spacial score (nSPS) is 20.1. The summed E-state index contributed by atoms with van der Waals surface area (Å²) in [4.78, 5) is 4.53. The third-order valence-corrected chi connectivity index (χ3v) is 5.10. The Hall–Kier alpha value is -1.36. The first-order chi connectivity index (χ1) is 10.3. The van der Waals surface area contributed by atoms with Crippen molar-refractivity contribution in [3.05, 3.63) is 59.8 Å². The quantitative estimate of drug-likeness (QED) is 0.879. The zero-order chi connectivity index (χ0) is 14.5. The van der Waals surface area contributed by atoms with Crippen molar-refractivity contribution in [2.24, 2.45) is 0 Å². The molecular weight excluding hydrogens is 280 g/mol. The zero-order valence-corrected chi connectivity index (χ0v) is 13.0. The van der Waals surface area contributed by atoms with Crippen LogP contribution in [0.2, 0.25) is 0 Å². The van der Waals surface area contributed by atoms with Crippen LogP contribution < -0.4 is 5.32 Å². The molecule has 1 saturated heterocycles. The molecule has 2 heterocycles. The number of ether oxygens (including phenoxy) is 1. The van der Waals surface area contributed by atoms with Gasteiger partial charge in [-0.1, -0.05) is 48.2 Å². The lowest BCUT2D eigenvalue weighted by molar-refractivity contribution is 0.0273. The summed E-state index contributed by atoms with van der Waals surface area (Å²) in [6.45, 7) is 4.71. The first-order valence-corrected chi connectivity index (χ1v) is 8.18. The molecule has 2 aromatic rings. The van der Waals surface area contributed by atoms with Gasteiger partial charge in [-0.3, -0.25) is 0 Å². The van der Waals surface area contributed by atoms with Crippen molar-refractivity contribution < 1.29 is 4.74 Å². The lowest BCUT2D eigenvalue weighted by Crippen LogP contribution is -2.41. The Kier molecular flexibility index (Phi) is 4.91. The molecule has 1 fully saturated rings. The summed E-state index contributed by atoms with van der Waals surface area (Å²) in [6, 6.07) is 14.7. The van der Waals surface area contributed by atoms with Crippen molar-refractivity contribution in [3.8, 4) is 0 Å². The SMILES string of the molecule is Cc1cccnc1SC(c1ccccc1)C1CNCCO1. The van der Waals surface area contributed by atoms with Crippen molar-refractivity contribution in [2.75, 3.05) is 19.7 Å². The van der Waals surface area contributed by atoms with Crippen LogP contribution in [-0.4, -0.2) is 30.8 Å². The molecule has 1 aliphatic rings. The van der Waals surface area contributed by atoms with E-state index in [0.29, 0.717) is 0 Å². The van der Waals surface area contributed by atoms with Crippen molar-refractivity contribution in [2.45, 2.75) is 23.3 Å². The summed E-state index contributed by atoms with van der Waals surface area (Å²) in [5.74, 6) is 0. The number of thioether (sulfide) groups is 1. The molecule has 21 heavy (non-hydrogen) atoms. The molecule has 3 rings (SSSR count). The molecule has 0 radical (unpaired) electrons. The van der Waals surface area contributed by atoms with Gasteiger partial charge in [-0.2, -0.15) is 0 Å². The highest BCUT2D eigenvalue weighted by Gasteiger charge is 2.27. The van der Waals surface area contributed by atoms with Crippen LogP contribution >= 0.6 is 11.8 Å². The molecule has 0 aliphatic carbocycles. The maximum atomic E-state index is 6.00. The minimum absolute atomic E-state index is 0.174. The molecule has 1 aliphatic heterocycles. The monoisotopic (exact) mass is 300 g/mol. The number of nitrogens with zero attached hydrogens (tertiary/aromatic N) is 1. The molecular formula is C17H20N2OS. The van der Waals surface area contributed by atoms with Crippen LogP contribution in [0.3, 0.4) is 0 Å². The molecule has 1 aromatic heterocycles. The predicted octanol–water partition coefficient (Wildman–Crippen LogP) is 3.21. The third kappa shape index (κ3) is 3.64. The average molecular weight is 300 g/mol. The molecule has 0 bridgehead atoms. The number of rotatable bonds is 4. The fourth-order valence-electron chi connectivity index (χ4n) is 2.50. The van der Waals surface area contributed by atoms with Gasteiger partial charge < -0.3 is 10.1 Å². The molecule has 3 nitrogen and oxygen atoms in total. The minimum atomic E-state index is 0.174. The summed E-state index contributed by atoms with van der Waals surface area (Å²) in [7, 11) is 0. The van der Waals surface area contributed by atoms with E-state index in [2.05, 4.69) is 53.6 Å². The van der Waals surface area contributed by atoms with Gasteiger partial charge in [0.2, 0.25) is 0 Å². The van der Waals surface area contributed by atoms with E-state index in [1.807, 2.05) is 12.3 Å². The van der Waals surface area contributed by atoms with E-state index < -0.39 is 0 Å². The van der Waals surface area contributed by atoms with E-state index in [1.165, 1.54) is 11.1 Å². The highest BCUT2D eigenvalue weighted by molar-refractivity contribution is 7.99. The largest absolute Gasteiger partial charge is 0.374 e. The Morgan fingerprint density at radius 2 is 2.10 bits per heavy atom. The van der Waals surface area contributed by atoms with Crippen LogP contribution in [0.15, 0.2) is 53.7 Å². The molecule has 1 aromatic carbocycles. The smallest absolute Gasteiger partial charge is 0.0995 e. The van der Waals surface area contributed by atoms with Gasteiger partial charge in [0.15, 0.2) is 0 Å². The number of aromatic nitrogens is 1. The summed E-state index contributed by atoms with van der Waals surface area (Å²) < 4.78 is 6.00. The van der Waals surface area contributed by atoms with Gasteiger partial charge in [0, 0.05) is 19.3 Å². The summed E-state index contributed by atoms with van der Waals surface area (Å²) in [6.07, 6.45) is 2.03. The highest BCUT2D eigenvalue weighted by atomic mass is 32.2. The van der Waals surface area contributed by atoms with E-state index >= 15 is 0 Å². The van der Waals surface area contributed by atoms with Crippen molar-refractivity contribution in [3.63, 3.8) is 0 Å². The van der Waals surface area contributed by atoms with Gasteiger partial charge in [-0.25, -0.2) is 4.98 Å². The Morgan fingerprint density at radius 1 is 1.24 bits per heavy atom. The Bertz CT molecular complexity index is 570. The van der Waals surface area contributed by atoms with E-state index in [9.17, 15) is 0 Å². The topological polar surface area (TPSA) is 34.2 Å². The standard InChI is InChI=1S/C17H20N2OS/c1-13-6-5-9-19-17(13)21-16(14-7-3-2-4-8-14)15-12-18-10-11-20-15/h2-9,15-16,18H,10-12H2,1H3. The van der Waals surface area contributed by atoms with Crippen LogP contribution in [0.25, 0.3) is 0 Å². The second-order valence-electron chi connectivity index (χ2n) is 5.19. The van der Waals surface area contributed by atoms with Crippen LogP contribution in [0.1, 0.15) is 16.4 Å².